The Labute approximate surface area is 171 Å². The van der Waals surface area contributed by atoms with Crippen LogP contribution >= 0.6 is 0 Å². The molecule has 0 fully saturated rings. The molecule has 0 spiro atoms. The maximum atomic E-state index is 6.08. The molecule has 0 bridgehead atoms. The Hall–Kier alpha value is -3.60. The molecule has 5 heteroatoms. The van der Waals surface area contributed by atoms with E-state index in [-0.39, 0.29) is 0 Å². The number of hydrogen-bond acceptors (Lipinski definition) is 5. The van der Waals surface area contributed by atoms with Gasteiger partial charge in [0.15, 0.2) is 0 Å². The van der Waals surface area contributed by atoms with Crippen molar-refractivity contribution in [2.75, 3.05) is 22.9 Å². The van der Waals surface area contributed by atoms with Crippen molar-refractivity contribution in [3.63, 3.8) is 0 Å². The first-order valence-electron chi connectivity index (χ1n) is 9.89. The number of aromatic nitrogens is 2. The van der Waals surface area contributed by atoms with Gasteiger partial charge >= 0.3 is 6.01 Å². The minimum Gasteiger partial charge on any atom is -0.403 e. The second-order valence-corrected chi connectivity index (χ2v) is 6.62. The number of nitrogens with zero attached hydrogens (tertiary/aromatic N) is 4. The van der Waals surface area contributed by atoms with Gasteiger partial charge in [-0.2, -0.15) is 0 Å². The minimum absolute atomic E-state index is 0.435. The summed E-state index contributed by atoms with van der Waals surface area (Å²) in [7, 11) is 0. The predicted molar refractivity (Wildman–Crippen MR) is 118 cm³/mol. The first-order chi connectivity index (χ1) is 14.3. The van der Waals surface area contributed by atoms with Crippen molar-refractivity contribution in [2.24, 2.45) is 0 Å². The lowest BCUT2D eigenvalue weighted by atomic mass is 10.2. The van der Waals surface area contributed by atoms with Crippen LogP contribution in [-0.4, -0.2) is 23.3 Å². The zero-order chi connectivity index (χ0) is 20.1. The van der Waals surface area contributed by atoms with E-state index in [1.165, 1.54) is 5.69 Å². The summed E-state index contributed by atoms with van der Waals surface area (Å²) in [6.07, 6.45) is 0. The van der Waals surface area contributed by atoms with Crippen LogP contribution in [0.15, 0.2) is 89.3 Å². The minimum atomic E-state index is 0.435. The topological polar surface area (TPSA) is 45.4 Å². The highest BCUT2D eigenvalue weighted by Gasteiger charge is 2.19. The molecule has 0 atom stereocenters. The average molecular weight is 384 g/mol. The van der Waals surface area contributed by atoms with E-state index >= 15 is 0 Å². The quantitative estimate of drug-likeness (QED) is 0.388. The SMILES string of the molecule is CCN(CC)c1ccc(-c2nnc(N(c3ccccc3)c3ccccc3)o2)cc1. The number of benzene rings is 3. The summed E-state index contributed by atoms with van der Waals surface area (Å²) in [5, 5.41) is 8.64. The largest absolute Gasteiger partial charge is 0.403 e. The maximum Gasteiger partial charge on any atom is 0.327 e. The van der Waals surface area contributed by atoms with E-state index in [1.54, 1.807) is 0 Å². The van der Waals surface area contributed by atoms with E-state index in [2.05, 4.69) is 41.1 Å². The molecule has 4 aromatic rings. The fraction of sp³-hybridized carbons (Fsp3) is 0.167. The maximum absolute atomic E-state index is 6.08. The number of rotatable bonds is 7. The van der Waals surface area contributed by atoms with Crippen LogP contribution in [0.2, 0.25) is 0 Å². The zero-order valence-corrected chi connectivity index (χ0v) is 16.7. The molecule has 0 unspecified atom stereocenters. The van der Waals surface area contributed by atoms with Crippen LogP contribution in [0.1, 0.15) is 13.8 Å². The van der Waals surface area contributed by atoms with Crippen molar-refractivity contribution >= 4 is 23.1 Å². The van der Waals surface area contributed by atoms with E-state index in [0.29, 0.717) is 11.9 Å². The van der Waals surface area contributed by atoms with Crippen molar-refractivity contribution in [3.8, 4) is 11.5 Å². The number of anilines is 4. The van der Waals surface area contributed by atoms with Gasteiger partial charge in [-0.05, 0) is 62.4 Å². The van der Waals surface area contributed by atoms with Gasteiger partial charge in [0.2, 0.25) is 5.89 Å². The van der Waals surface area contributed by atoms with Crippen molar-refractivity contribution in [3.05, 3.63) is 84.9 Å². The fourth-order valence-electron chi connectivity index (χ4n) is 3.35. The van der Waals surface area contributed by atoms with Gasteiger partial charge in [-0.15, -0.1) is 5.10 Å². The van der Waals surface area contributed by atoms with Gasteiger partial charge < -0.3 is 9.32 Å². The van der Waals surface area contributed by atoms with Gasteiger partial charge in [0.1, 0.15) is 0 Å². The molecule has 0 aliphatic rings. The Bertz CT molecular complexity index is 986. The summed E-state index contributed by atoms with van der Waals surface area (Å²) >= 11 is 0. The number of hydrogen-bond donors (Lipinski definition) is 0. The molecule has 0 N–H and O–H groups in total. The third kappa shape index (κ3) is 3.99. The van der Waals surface area contributed by atoms with Gasteiger partial charge in [-0.25, -0.2) is 0 Å². The molecule has 3 aromatic carbocycles. The van der Waals surface area contributed by atoms with Gasteiger partial charge in [0.25, 0.3) is 0 Å². The van der Waals surface area contributed by atoms with Crippen molar-refractivity contribution in [1.29, 1.82) is 0 Å². The van der Waals surface area contributed by atoms with E-state index < -0.39 is 0 Å². The van der Waals surface area contributed by atoms with Gasteiger partial charge in [0, 0.05) is 24.3 Å². The molecule has 0 amide bonds. The molecule has 0 radical (unpaired) electrons. The second-order valence-electron chi connectivity index (χ2n) is 6.62. The highest BCUT2D eigenvalue weighted by molar-refractivity contribution is 5.72. The van der Waals surface area contributed by atoms with Crippen LogP contribution in [0.4, 0.5) is 23.1 Å². The first kappa shape index (κ1) is 18.7. The first-order valence-corrected chi connectivity index (χ1v) is 9.89. The smallest absolute Gasteiger partial charge is 0.327 e. The molecule has 29 heavy (non-hydrogen) atoms. The number of para-hydroxylation sites is 2. The summed E-state index contributed by atoms with van der Waals surface area (Å²) in [5.74, 6) is 0.503. The standard InChI is InChI=1S/C24H24N4O/c1-3-27(4-2)20-17-15-19(16-18-20)23-25-26-24(29-23)28(21-11-7-5-8-12-21)22-13-9-6-10-14-22/h5-18H,3-4H2,1-2H3. The van der Waals surface area contributed by atoms with E-state index in [0.717, 1.165) is 30.0 Å². The lowest BCUT2D eigenvalue weighted by molar-refractivity contribution is 0.575. The molecule has 4 rings (SSSR count). The lowest BCUT2D eigenvalue weighted by Gasteiger charge is -2.21. The third-order valence-electron chi connectivity index (χ3n) is 4.88. The Morgan fingerprint density at radius 3 is 1.72 bits per heavy atom. The van der Waals surface area contributed by atoms with Crippen LogP contribution in [0.5, 0.6) is 0 Å². The molecule has 146 valence electrons. The molecule has 0 aliphatic heterocycles. The average Bonchev–Trinajstić information content (AvgIpc) is 3.26. The van der Waals surface area contributed by atoms with Crippen LogP contribution in [0, 0.1) is 0 Å². The summed E-state index contributed by atoms with van der Waals surface area (Å²) in [6, 6.07) is 28.7. The molecule has 5 nitrogen and oxygen atoms in total. The Morgan fingerprint density at radius 1 is 0.655 bits per heavy atom. The van der Waals surface area contributed by atoms with E-state index in [1.807, 2.05) is 77.7 Å². The van der Waals surface area contributed by atoms with Crippen LogP contribution in [0.25, 0.3) is 11.5 Å². The fourth-order valence-corrected chi connectivity index (χ4v) is 3.35. The van der Waals surface area contributed by atoms with Crippen molar-refractivity contribution in [2.45, 2.75) is 13.8 Å². The molecular formula is C24H24N4O. The second kappa shape index (κ2) is 8.61. The molecule has 1 aromatic heterocycles. The predicted octanol–water partition coefficient (Wildman–Crippen LogP) is 6.05. The highest BCUT2D eigenvalue weighted by Crippen LogP contribution is 2.34. The molecule has 0 saturated heterocycles. The van der Waals surface area contributed by atoms with E-state index in [4.69, 9.17) is 4.42 Å². The highest BCUT2D eigenvalue weighted by atomic mass is 16.4. The Morgan fingerprint density at radius 2 is 1.21 bits per heavy atom. The summed E-state index contributed by atoms with van der Waals surface area (Å²) in [6.45, 7) is 6.26. The third-order valence-corrected chi connectivity index (χ3v) is 4.88. The zero-order valence-electron chi connectivity index (χ0n) is 16.7. The normalized spacial score (nSPS) is 10.7. The lowest BCUT2D eigenvalue weighted by Crippen LogP contribution is -2.21. The summed E-state index contributed by atoms with van der Waals surface area (Å²) < 4.78 is 6.08. The van der Waals surface area contributed by atoms with E-state index in [9.17, 15) is 0 Å². The summed E-state index contributed by atoms with van der Waals surface area (Å²) in [4.78, 5) is 4.26. The molecule has 0 aliphatic carbocycles. The van der Waals surface area contributed by atoms with Crippen LogP contribution in [-0.2, 0) is 0 Å². The van der Waals surface area contributed by atoms with Crippen molar-refractivity contribution in [1.82, 2.24) is 10.2 Å². The molecule has 0 saturated carbocycles. The van der Waals surface area contributed by atoms with Gasteiger partial charge in [-0.1, -0.05) is 41.5 Å². The van der Waals surface area contributed by atoms with Crippen LogP contribution < -0.4 is 9.80 Å². The van der Waals surface area contributed by atoms with Gasteiger partial charge in [0.05, 0.1) is 11.4 Å². The van der Waals surface area contributed by atoms with Crippen LogP contribution in [0.3, 0.4) is 0 Å². The Balaban J connectivity index is 1.67. The molecule has 1 heterocycles. The molecular weight excluding hydrogens is 360 g/mol. The Kier molecular flexibility index (Phi) is 5.56. The summed E-state index contributed by atoms with van der Waals surface area (Å²) in [5.41, 5.74) is 4.02. The monoisotopic (exact) mass is 384 g/mol. The van der Waals surface area contributed by atoms with Gasteiger partial charge in [-0.3, -0.25) is 4.90 Å². The van der Waals surface area contributed by atoms with Crippen molar-refractivity contribution < 1.29 is 4.42 Å².